The molecular formula is C13H19N3O4. The molecule has 2 atom stereocenters. The topological polar surface area (TPSA) is 113 Å². The van der Waals surface area contributed by atoms with E-state index in [1.807, 2.05) is 0 Å². The average molecular weight is 281 g/mol. The van der Waals surface area contributed by atoms with Crippen LogP contribution >= 0.6 is 0 Å². The van der Waals surface area contributed by atoms with E-state index in [1.165, 1.54) is 0 Å². The third-order valence-electron chi connectivity index (χ3n) is 3.89. The molecular weight excluding hydrogens is 262 g/mol. The lowest BCUT2D eigenvalue weighted by Gasteiger charge is -2.31. The molecule has 0 saturated carbocycles. The molecule has 0 aromatic heterocycles. The maximum absolute atomic E-state index is 12.0. The van der Waals surface area contributed by atoms with Gasteiger partial charge in [0.25, 0.3) is 0 Å². The molecule has 7 heteroatoms. The molecule has 1 saturated heterocycles. The quantitative estimate of drug-likeness (QED) is 0.628. The Morgan fingerprint density at radius 1 is 1.20 bits per heavy atom. The lowest BCUT2D eigenvalue weighted by atomic mass is 9.96. The number of hydrogen-bond acceptors (Lipinski definition) is 3. The van der Waals surface area contributed by atoms with Crippen molar-refractivity contribution in [3.05, 3.63) is 12.2 Å². The van der Waals surface area contributed by atoms with E-state index in [1.54, 1.807) is 17.1 Å². The van der Waals surface area contributed by atoms with E-state index >= 15 is 0 Å². The summed E-state index contributed by atoms with van der Waals surface area (Å²) < 4.78 is 0. The minimum absolute atomic E-state index is 0.151. The Labute approximate surface area is 116 Å². The molecule has 110 valence electrons. The van der Waals surface area contributed by atoms with Crippen LogP contribution in [0.25, 0.3) is 0 Å². The fraction of sp³-hybridized carbons (Fsp3) is 0.615. The smallest absolute Gasteiger partial charge is 0.317 e. The largest absolute Gasteiger partial charge is 0.481 e. The van der Waals surface area contributed by atoms with Crippen molar-refractivity contribution < 1.29 is 19.5 Å². The summed E-state index contributed by atoms with van der Waals surface area (Å²) in [5.41, 5.74) is 5.24. The summed E-state index contributed by atoms with van der Waals surface area (Å²) >= 11 is 0. The summed E-state index contributed by atoms with van der Waals surface area (Å²) in [7, 11) is 0. The predicted molar refractivity (Wildman–Crippen MR) is 70.7 cm³/mol. The van der Waals surface area contributed by atoms with E-state index in [0.717, 1.165) is 0 Å². The van der Waals surface area contributed by atoms with Gasteiger partial charge in [-0.05, 0) is 19.3 Å². The van der Waals surface area contributed by atoms with Crippen LogP contribution in [0.2, 0.25) is 0 Å². The monoisotopic (exact) mass is 281 g/mol. The SMILES string of the molecule is NC(=O)C1CCN(C(=O)NC2C=CC(C(=O)O)C2)CC1. The Balaban J connectivity index is 1.78. The second-order valence-electron chi connectivity index (χ2n) is 5.29. The van der Waals surface area contributed by atoms with Gasteiger partial charge in [-0.15, -0.1) is 0 Å². The first kappa shape index (κ1) is 14.4. The first-order valence-corrected chi connectivity index (χ1v) is 6.73. The van der Waals surface area contributed by atoms with Crippen LogP contribution in [0.1, 0.15) is 19.3 Å². The van der Waals surface area contributed by atoms with Gasteiger partial charge in [0.2, 0.25) is 5.91 Å². The number of piperidine rings is 1. The van der Waals surface area contributed by atoms with Gasteiger partial charge in [0.05, 0.1) is 12.0 Å². The molecule has 2 rings (SSSR count). The number of carboxylic acids is 1. The number of aliphatic carboxylic acids is 1. The summed E-state index contributed by atoms with van der Waals surface area (Å²) in [6.45, 7) is 0.996. The number of carbonyl (C=O) groups excluding carboxylic acids is 2. The molecule has 2 aliphatic rings. The second kappa shape index (κ2) is 5.94. The van der Waals surface area contributed by atoms with E-state index in [2.05, 4.69) is 5.32 Å². The van der Waals surface area contributed by atoms with Gasteiger partial charge < -0.3 is 21.1 Å². The third kappa shape index (κ3) is 3.28. The van der Waals surface area contributed by atoms with E-state index in [0.29, 0.717) is 32.4 Å². The summed E-state index contributed by atoms with van der Waals surface area (Å²) in [6, 6.07) is -0.453. The molecule has 3 amide bonds. The molecule has 7 nitrogen and oxygen atoms in total. The fourth-order valence-corrected chi connectivity index (χ4v) is 2.61. The number of nitrogens with two attached hydrogens (primary N) is 1. The van der Waals surface area contributed by atoms with Gasteiger partial charge in [-0.2, -0.15) is 0 Å². The summed E-state index contributed by atoms with van der Waals surface area (Å²) in [5.74, 6) is -1.86. The summed E-state index contributed by atoms with van der Waals surface area (Å²) in [4.78, 5) is 35.5. The van der Waals surface area contributed by atoms with Crippen molar-refractivity contribution in [3.8, 4) is 0 Å². The van der Waals surface area contributed by atoms with Gasteiger partial charge >= 0.3 is 12.0 Å². The molecule has 1 heterocycles. The highest BCUT2D eigenvalue weighted by molar-refractivity contribution is 5.78. The van der Waals surface area contributed by atoms with Crippen molar-refractivity contribution in [2.75, 3.05) is 13.1 Å². The fourth-order valence-electron chi connectivity index (χ4n) is 2.61. The van der Waals surface area contributed by atoms with Gasteiger partial charge in [-0.25, -0.2) is 4.79 Å². The number of carbonyl (C=O) groups is 3. The molecule has 2 unspecified atom stereocenters. The van der Waals surface area contributed by atoms with Crippen molar-refractivity contribution in [3.63, 3.8) is 0 Å². The summed E-state index contributed by atoms with van der Waals surface area (Å²) in [5, 5.41) is 11.7. The highest BCUT2D eigenvalue weighted by Gasteiger charge is 2.29. The Bertz CT molecular complexity index is 441. The minimum Gasteiger partial charge on any atom is -0.481 e. The highest BCUT2D eigenvalue weighted by Crippen LogP contribution is 2.20. The number of nitrogens with zero attached hydrogens (tertiary/aromatic N) is 1. The van der Waals surface area contributed by atoms with Gasteiger partial charge in [0.1, 0.15) is 0 Å². The zero-order chi connectivity index (χ0) is 14.7. The van der Waals surface area contributed by atoms with Gasteiger partial charge in [-0.3, -0.25) is 9.59 Å². The lowest BCUT2D eigenvalue weighted by Crippen LogP contribution is -2.48. The third-order valence-corrected chi connectivity index (χ3v) is 3.89. The average Bonchev–Trinajstić information content (AvgIpc) is 2.87. The molecule has 20 heavy (non-hydrogen) atoms. The van der Waals surface area contributed by atoms with Gasteiger partial charge in [0.15, 0.2) is 0 Å². The first-order chi connectivity index (χ1) is 9.47. The molecule has 0 aromatic rings. The Morgan fingerprint density at radius 2 is 1.85 bits per heavy atom. The normalized spacial score (nSPS) is 26.5. The zero-order valence-electron chi connectivity index (χ0n) is 11.1. The van der Waals surface area contributed by atoms with Crippen molar-refractivity contribution in [1.29, 1.82) is 0 Å². The molecule has 0 aromatic carbocycles. The number of carboxylic acid groups (broad SMARTS) is 1. The molecule has 0 bridgehead atoms. The standard InChI is InChI=1S/C13H19N3O4/c14-11(17)8-3-5-16(6-4-8)13(20)15-10-2-1-9(7-10)12(18)19/h1-2,8-10H,3-7H2,(H2,14,17)(H,15,20)(H,18,19). The van der Waals surface area contributed by atoms with Crippen molar-refractivity contribution in [2.24, 2.45) is 17.6 Å². The van der Waals surface area contributed by atoms with Gasteiger partial charge in [0, 0.05) is 19.0 Å². The Kier molecular flexibility index (Phi) is 4.26. The molecule has 4 N–H and O–H groups in total. The van der Waals surface area contributed by atoms with Crippen LogP contribution in [0, 0.1) is 11.8 Å². The number of likely N-dealkylation sites (tertiary alicyclic amines) is 1. The van der Waals surface area contributed by atoms with Crippen molar-refractivity contribution in [1.82, 2.24) is 10.2 Å². The Hall–Kier alpha value is -2.05. The van der Waals surface area contributed by atoms with Crippen molar-refractivity contribution >= 4 is 17.9 Å². The predicted octanol–water partition coefficient (Wildman–Crippen LogP) is -0.0774. The number of nitrogens with one attached hydrogen (secondary N) is 1. The van der Waals surface area contributed by atoms with Crippen LogP contribution in [-0.4, -0.2) is 47.0 Å². The number of urea groups is 1. The summed E-state index contributed by atoms with van der Waals surface area (Å²) in [6.07, 6.45) is 4.88. The van der Waals surface area contributed by atoms with E-state index in [4.69, 9.17) is 10.8 Å². The molecule has 0 radical (unpaired) electrons. The van der Waals surface area contributed by atoms with Crippen LogP contribution in [-0.2, 0) is 9.59 Å². The number of hydrogen-bond donors (Lipinski definition) is 3. The molecule has 1 aliphatic heterocycles. The number of rotatable bonds is 3. The first-order valence-electron chi connectivity index (χ1n) is 6.73. The van der Waals surface area contributed by atoms with Crippen LogP contribution in [0.3, 0.4) is 0 Å². The molecule has 1 fully saturated rings. The van der Waals surface area contributed by atoms with Crippen LogP contribution in [0.15, 0.2) is 12.2 Å². The van der Waals surface area contributed by atoms with Crippen molar-refractivity contribution in [2.45, 2.75) is 25.3 Å². The van der Waals surface area contributed by atoms with Gasteiger partial charge in [-0.1, -0.05) is 12.2 Å². The lowest BCUT2D eigenvalue weighted by molar-refractivity contribution is -0.140. The molecule has 1 aliphatic carbocycles. The maximum Gasteiger partial charge on any atom is 0.317 e. The molecule has 0 spiro atoms. The highest BCUT2D eigenvalue weighted by atomic mass is 16.4. The van der Waals surface area contributed by atoms with E-state index < -0.39 is 11.9 Å². The number of primary amides is 1. The zero-order valence-corrected chi connectivity index (χ0v) is 11.1. The van der Waals surface area contributed by atoms with E-state index in [-0.39, 0.29) is 23.9 Å². The van der Waals surface area contributed by atoms with Crippen LogP contribution in [0.5, 0.6) is 0 Å². The van der Waals surface area contributed by atoms with Crippen LogP contribution < -0.4 is 11.1 Å². The maximum atomic E-state index is 12.0. The van der Waals surface area contributed by atoms with E-state index in [9.17, 15) is 14.4 Å². The Morgan fingerprint density at radius 3 is 2.35 bits per heavy atom. The van der Waals surface area contributed by atoms with Crippen LogP contribution in [0.4, 0.5) is 4.79 Å². The minimum atomic E-state index is -0.875. The number of amides is 3. The second-order valence-corrected chi connectivity index (χ2v) is 5.29.